The average molecular weight is 223 g/mol. The Morgan fingerprint density at radius 3 is 2.69 bits per heavy atom. The Labute approximate surface area is 97.1 Å². The fourth-order valence-corrected chi connectivity index (χ4v) is 1.61. The van der Waals surface area contributed by atoms with E-state index >= 15 is 0 Å². The smallest absolute Gasteiger partial charge is 0.0782 e. The molecule has 2 unspecified atom stereocenters. The molecule has 0 amide bonds. The normalized spacial score (nSPS) is 14.8. The molecule has 0 spiro atoms. The lowest BCUT2D eigenvalue weighted by molar-refractivity contribution is 0.158. The van der Waals surface area contributed by atoms with E-state index in [1.807, 2.05) is 13.8 Å². The molecule has 0 aromatic carbocycles. The second-order valence-corrected chi connectivity index (χ2v) is 4.05. The highest BCUT2D eigenvalue weighted by Gasteiger charge is 2.10. The lowest BCUT2D eigenvalue weighted by Gasteiger charge is -2.15. The first-order valence-corrected chi connectivity index (χ1v) is 5.84. The summed E-state index contributed by atoms with van der Waals surface area (Å²) in [4.78, 5) is 8.52. The second kappa shape index (κ2) is 6.55. The van der Waals surface area contributed by atoms with Gasteiger partial charge in [-0.15, -0.1) is 0 Å². The summed E-state index contributed by atoms with van der Waals surface area (Å²) >= 11 is 0. The summed E-state index contributed by atoms with van der Waals surface area (Å²) in [7, 11) is 0. The van der Waals surface area contributed by atoms with E-state index in [0.29, 0.717) is 0 Å². The molecule has 4 nitrogen and oxygen atoms in total. The number of aromatic nitrogens is 2. The predicted molar refractivity (Wildman–Crippen MR) is 64.1 cm³/mol. The fraction of sp³-hybridized carbons (Fsp3) is 0.667. The molecule has 1 aromatic heterocycles. The van der Waals surface area contributed by atoms with Crippen molar-refractivity contribution < 1.29 is 5.11 Å². The summed E-state index contributed by atoms with van der Waals surface area (Å²) in [6, 6.07) is 0.178. The van der Waals surface area contributed by atoms with Crippen LogP contribution >= 0.6 is 0 Å². The summed E-state index contributed by atoms with van der Waals surface area (Å²) in [6.45, 7) is 6.81. The van der Waals surface area contributed by atoms with Gasteiger partial charge in [-0.05, 0) is 33.2 Å². The number of aryl methyl sites for hydroxylation is 1. The Balaban J connectivity index is 2.41. The molecule has 1 heterocycles. The Hall–Kier alpha value is -1.00. The predicted octanol–water partition coefficient (Wildman–Crippen LogP) is 1.60. The largest absolute Gasteiger partial charge is 0.393 e. The minimum atomic E-state index is -0.206. The third-order valence-electron chi connectivity index (χ3n) is 2.73. The van der Waals surface area contributed by atoms with Crippen LogP contribution in [0.5, 0.6) is 0 Å². The van der Waals surface area contributed by atoms with Gasteiger partial charge < -0.3 is 10.4 Å². The lowest BCUT2D eigenvalue weighted by Crippen LogP contribution is -2.24. The van der Waals surface area contributed by atoms with Crippen molar-refractivity contribution in [1.82, 2.24) is 15.3 Å². The van der Waals surface area contributed by atoms with E-state index in [1.54, 1.807) is 12.4 Å². The number of aliphatic hydroxyl groups is 1. The van der Waals surface area contributed by atoms with E-state index in [-0.39, 0.29) is 12.1 Å². The van der Waals surface area contributed by atoms with Gasteiger partial charge in [0.1, 0.15) is 0 Å². The van der Waals surface area contributed by atoms with E-state index in [1.165, 1.54) is 0 Å². The first-order chi connectivity index (χ1) is 7.65. The molecule has 4 heteroatoms. The zero-order chi connectivity index (χ0) is 12.0. The van der Waals surface area contributed by atoms with Gasteiger partial charge in [0.15, 0.2) is 0 Å². The number of rotatable bonds is 6. The van der Waals surface area contributed by atoms with E-state index in [0.717, 1.165) is 30.8 Å². The Morgan fingerprint density at radius 2 is 2.06 bits per heavy atom. The molecule has 0 radical (unpaired) electrons. The molecule has 0 aliphatic carbocycles. The Bertz CT molecular complexity index is 317. The summed E-state index contributed by atoms with van der Waals surface area (Å²) in [5.41, 5.74) is 1.94. The van der Waals surface area contributed by atoms with Crippen LogP contribution in [0.25, 0.3) is 0 Å². The van der Waals surface area contributed by atoms with Crippen LogP contribution in [0.15, 0.2) is 12.4 Å². The zero-order valence-corrected chi connectivity index (χ0v) is 10.3. The third kappa shape index (κ3) is 3.87. The van der Waals surface area contributed by atoms with Crippen LogP contribution in [0.2, 0.25) is 0 Å². The van der Waals surface area contributed by atoms with Crippen molar-refractivity contribution in [3.8, 4) is 0 Å². The summed E-state index contributed by atoms with van der Waals surface area (Å²) in [5.74, 6) is 0. The van der Waals surface area contributed by atoms with Crippen molar-refractivity contribution in [2.24, 2.45) is 0 Å². The van der Waals surface area contributed by atoms with Crippen LogP contribution < -0.4 is 5.32 Å². The van der Waals surface area contributed by atoms with Crippen LogP contribution in [0, 0.1) is 6.92 Å². The fourth-order valence-electron chi connectivity index (χ4n) is 1.61. The maximum absolute atomic E-state index is 9.43. The van der Waals surface area contributed by atoms with Crippen LogP contribution in [-0.2, 0) is 0 Å². The van der Waals surface area contributed by atoms with Crippen LogP contribution in [0.1, 0.15) is 44.1 Å². The molecule has 1 aromatic rings. The van der Waals surface area contributed by atoms with Gasteiger partial charge in [-0.25, -0.2) is 0 Å². The molecule has 2 N–H and O–H groups in total. The number of hydrogen-bond acceptors (Lipinski definition) is 4. The molecule has 2 atom stereocenters. The van der Waals surface area contributed by atoms with Gasteiger partial charge in [0.2, 0.25) is 0 Å². The molecule has 0 fully saturated rings. The molecular weight excluding hydrogens is 202 g/mol. The standard InChI is InChI=1S/C12H21N3O/c1-4-11(16)5-6-13-9(2)12-10(3)14-7-8-15-12/h7-9,11,13,16H,4-6H2,1-3H3. The summed E-state index contributed by atoms with van der Waals surface area (Å²) < 4.78 is 0. The summed E-state index contributed by atoms with van der Waals surface area (Å²) in [6.07, 6.45) is 4.79. The molecule has 1 rings (SSSR count). The molecule has 90 valence electrons. The van der Waals surface area contributed by atoms with Gasteiger partial charge in [0, 0.05) is 18.4 Å². The molecule has 0 aliphatic heterocycles. The van der Waals surface area contributed by atoms with Crippen LogP contribution in [0.4, 0.5) is 0 Å². The maximum Gasteiger partial charge on any atom is 0.0782 e. The van der Waals surface area contributed by atoms with Gasteiger partial charge >= 0.3 is 0 Å². The van der Waals surface area contributed by atoms with Crippen molar-refractivity contribution in [1.29, 1.82) is 0 Å². The first kappa shape index (κ1) is 13.1. The zero-order valence-electron chi connectivity index (χ0n) is 10.3. The van der Waals surface area contributed by atoms with Gasteiger partial charge in [0.05, 0.1) is 17.5 Å². The van der Waals surface area contributed by atoms with Crippen molar-refractivity contribution in [2.45, 2.75) is 45.8 Å². The number of nitrogens with one attached hydrogen (secondary N) is 1. The second-order valence-electron chi connectivity index (χ2n) is 4.05. The molecule has 16 heavy (non-hydrogen) atoms. The minimum Gasteiger partial charge on any atom is -0.393 e. The van der Waals surface area contributed by atoms with Gasteiger partial charge in [-0.3, -0.25) is 9.97 Å². The van der Waals surface area contributed by atoms with Crippen molar-refractivity contribution >= 4 is 0 Å². The topological polar surface area (TPSA) is 58.0 Å². The highest BCUT2D eigenvalue weighted by molar-refractivity contribution is 5.12. The number of hydrogen-bond donors (Lipinski definition) is 2. The quantitative estimate of drug-likeness (QED) is 0.769. The van der Waals surface area contributed by atoms with Gasteiger partial charge in [0.25, 0.3) is 0 Å². The third-order valence-corrected chi connectivity index (χ3v) is 2.73. The van der Waals surface area contributed by atoms with E-state index in [4.69, 9.17) is 0 Å². The molecule has 0 saturated heterocycles. The molecule has 0 saturated carbocycles. The molecular formula is C12H21N3O. The van der Waals surface area contributed by atoms with Crippen molar-refractivity contribution in [3.63, 3.8) is 0 Å². The van der Waals surface area contributed by atoms with Gasteiger partial charge in [-0.2, -0.15) is 0 Å². The van der Waals surface area contributed by atoms with E-state index in [9.17, 15) is 5.11 Å². The Morgan fingerprint density at radius 1 is 1.38 bits per heavy atom. The van der Waals surface area contributed by atoms with Crippen LogP contribution in [0.3, 0.4) is 0 Å². The van der Waals surface area contributed by atoms with E-state index in [2.05, 4.69) is 22.2 Å². The number of aliphatic hydroxyl groups excluding tert-OH is 1. The van der Waals surface area contributed by atoms with Crippen molar-refractivity contribution in [2.75, 3.05) is 6.54 Å². The monoisotopic (exact) mass is 223 g/mol. The average Bonchev–Trinajstić information content (AvgIpc) is 2.29. The highest BCUT2D eigenvalue weighted by atomic mass is 16.3. The minimum absolute atomic E-state index is 0.178. The first-order valence-electron chi connectivity index (χ1n) is 5.84. The Kier molecular flexibility index (Phi) is 5.35. The van der Waals surface area contributed by atoms with Gasteiger partial charge in [-0.1, -0.05) is 6.92 Å². The molecule has 0 bridgehead atoms. The van der Waals surface area contributed by atoms with Crippen LogP contribution in [-0.4, -0.2) is 27.7 Å². The van der Waals surface area contributed by atoms with Crippen molar-refractivity contribution in [3.05, 3.63) is 23.8 Å². The highest BCUT2D eigenvalue weighted by Crippen LogP contribution is 2.11. The maximum atomic E-state index is 9.43. The molecule has 0 aliphatic rings. The SMILES string of the molecule is CCC(O)CCNC(C)c1nccnc1C. The number of nitrogens with zero attached hydrogens (tertiary/aromatic N) is 2. The summed E-state index contributed by atoms with van der Waals surface area (Å²) in [5, 5.41) is 12.8. The van der Waals surface area contributed by atoms with E-state index < -0.39 is 0 Å². The lowest BCUT2D eigenvalue weighted by atomic mass is 10.1.